The molecule has 1 atom stereocenters. The first-order chi connectivity index (χ1) is 8.66. The molecule has 1 aliphatic rings. The maximum Gasteiger partial charge on any atom is 0.166 e. The number of hydrogen-bond acceptors (Lipinski definition) is 2. The van der Waals surface area contributed by atoms with Crippen molar-refractivity contribution in [2.24, 2.45) is 5.92 Å². The van der Waals surface area contributed by atoms with Gasteiger partial charge in [0.15, 0.2) is 5.78 Å². The maximum atomic E-state index is 12.0. The summed E-state index contributed by atoms with van der Waals surface area (Å²) < 4.78 is 2.87. The Morgan fingerprint density at radius 3 is 2.89 bits per heavy atom. The third-order valence-electron chi connectivity index (χ3n) is 3.33. The molecule has 0 spiro atoms. The summed E-state index contributed by atoms with van der Waals surface area (Å²) in [5, 5.41) is 4.38. The Morgan fingerprint density at radius 2 is 2.11 bits per heavy atom. The second-order valence-electron chi connectivity index (χ2n) is 4.80. The van der Waals surface area contributed by atoms with Crippen LogP contribution < -0.4 is 0 Å². The van der Waals surface area contributed by atoms with Gasteiger partial charge >= 0.3 is 0 Å². The number of halogens is 1. The van der Waals surface area contributed by atoms with Gasteiger partial charge in [-0.15, -0.1) is 0 Å². The number of nitrogens with zero attached hydrogens (tertiary/aromatic N) is 2. The van der Waals surface area contributed by atoms with Crippen LogP contribution in [0.3, 0.4) is 0 Å². The summed E-state index contributed by atoms with van der Waals surface area (Å²) in [5.74, 6) is 0.602. The first-order valence-electron chi connectivity index (χ1n) is 6.02. The Hall–Kier alpha value is -1.42. The minimum atomic E-state index is 0.210. The largest absolute Gasteiger partial charge is 0.294 e. The fraction of sp³-hybridized carbons (Fsp3) is 0.286. The quantitative estimate of drug-likeness (QED) is 0.809. The van der Waals surface area contributed by atoms with E-state index in [1.54, 1.807) is 6.20 Å². The van der Waals surface area contributed by atoms with Crippen molar-refractivity contribution in [2.45, 2.75) is 19.8 Å². The minimum Gasteiger partial charge on any atom is -0.294 e. The average molecular weight is 305 g/mol. The van der Waals surface area contributed by atoms with Crippen LogP contribution in [0.4, 0.5) is 0 Å². The van der Waals surface area contributed by atoms with Gasteiger partial charge in [0.05, 0.1) is 23.1 Å². The molecule has 0 amide bonds. The monoisotopic (exact) mass is 304 g/mol. The molecule has 3 rings (SSSR count). The summed E-state index contributed by atoms with van der Waals surface area (Å²) in [6, 6.07) is 7.93. The summed E-state index contributed by atoms with van der Waals surface area (Å²) in [5.41, 5.74) is 2.80. The van der Waals surface area contributed by atoms with E-state index in [0.29, 0.717) is 12.3 Å². The normalized spacial score (nSPS) is 18.8. The molecule has 1 aromatic heterocycles. The van der Waals surface area contributed by atoms with E-state index in [1.807, 2.05) is 28.9 Å². The summed E-state index contributed by atoms with van der Waals surface area (Å²) in [6.45, 7) is 2.11. The molecule has 3 nitrogen and oxygen atoms in total. The Bertz CT molecular complexity index is 618. The first-order valence-corrected chi connectivity index (χ1v) is 6.81. The molecule has 0 aliphatic heterocycles. The SMILES string of the molecule is C[C@H]1CC(=O)c2cnn(-c3ccccc3Br)c2C1. The lowest BCUT2D eigenvalue weighted by atomic mass is 9.88. The van der Waals surface area contributed by atoms with Crippen molar-refractivity contribution in [1.29, 1.82) is 0 Å². The fourth-order valence-electron chi connectivity index (χ4n) is 2.46. The van der Waals surface area contributed by atoms with Gasteiger partial charge in [0.2, 0.25) is 0 Å². The average Bonchev–Trinajstić information content (AvgIpc) is 2.73. The molecule has 18 heavy (non-hydrogen) atoms. The highest BCUT2D eigenvalue weighted by Crippen LogP contribution is 2.29. The van der Waals surface area contributed by atoms with Crippen LogP contribution in [0.5, 0.6) is 0 Å². The number of ketones is 1. The van der Waals surface area contributed by atoms with Gasteiger partial charge in [-0.05, 0) is 40.4 Å². The number of hydrogen-bond donors (Lipinski definition) is 0. The molecule has 0 saturated heterocycles. The van der Waals surface area contributed by atoms with Crippen LogP contribution in [-0.2, 0) is 6.42 Å². The Morgan fingerprint density at radius 1 is 1.33 bits per heavy atom. The van der Waals surface area contributed by atoms with Gasteiger partial charge in [0.1, 0.15) is 0 Å². The van der Waals surface area contributed by atoms with Gasteiger partial charge in [0.25, 0.3) is 0 Å². The number of carbonyl (C=O) groups is 1. The molecule has 1 aromatic carbocycles. The zero-order chi connectivity index (χ0) is 12.7. The van der Waals surface area contributed by atoms with Gasteiger partial charge in [-0.25, -0.2) is 4.68 Å². The van der Waals surface area contributed by atoms with Gasteiger partial charge < -0.3 is 0 Å². The van der Waals surface area contributed by atoms with Crippen molar-refractivity contribution in [2.75, 3.05) is 0 Å². The predicted molar refractivity (Wildman–Crippen MR) is 73.1 cm³/mol. The van der Waals surface area contributed by atoms with Crippen LogP contribution in [-0.4, -0.2) is 15.6 Å². The smallest absolute Gasteiger partial charge is 0.166 e. The zero-order valence-electron chi connectivity index (χ0n) is 10.1. The molecule has 1 heterocycles. The fourth-order valence-corrected chi connectivity index (χ4v) is 2.92. The van der Waals surface area contributed by atoms with Crippen LogP contribution >= 0.6 is 15.9 Å². The van der Waals surface area contributed by atoms with Crippen molar-refractivity contribution in [3.05, 3.63) is 46.2 Å². The van der Waals surface area contributed by atoms with Crippen molar-refractivity contribution >= 4 is 21.7 Å². The summed E-state index contributed by atoms with van der Waals surface area (Å²) in [7, 11) is 0. The van der Waals surface area contributed by atoms with Gasteiger partial charge in [-0.3, -0.25) is 4.79 Å². The molecule has 1 aliphatic carbocycles. The van der Waals surface area contributed by atoms with Crippen molar-refractivity contribution in [3.8, 4) is 5.69 Å². The van der Waals surface area contributed by atoms with E-state index >= 15 is 0 Å². The summed E-state index contributed by atoms with van der Waals surface area (Å²) in [6.07, 6.45) is 3.24. The van der Waals surface area contributed by atoms with Crippen LogP contribution in [0.25, 0.3) is 5.69 Å². The van der Waals surface area contributed by atoms with Crippen LogP contribution in [0.15, 0.2) is 34.9 Å². The molecule has 0 bridgehead atoms. The molecule has 0 N–H and O–H groups in total. The standard InChI is InChI=1S/C14H13BrN2O/c1-9-6-13-10(14(18)7-9)8-16-17(13)12-5-3-2-4-11(12)15/h2-5,8-9H,6-7H2,1H3/t9-/m1/s1. The topological polar surface area (TPSA) is 34.9 Å². The number of rotatable bonds is 1. The van der Waals surface area contributed by atoms with E-state index < -0.39 is 0 Å². The lowest BCUT2D eigenvalue weighted by Gasteiger charge is -2.19. The van der Waals surface area contributed by atoms with Crippen molar-refractivity contribution in [1.82, 2.24) is 9.78 Å². The summed E-state index contributed by atoms with van der Waals surface area (Å²) in [4.78, 5) is 12.0. The third-order valence-corrected chi connectivity index (χ3v) is 4.00. The highest BCUT2D eigenvalue weighted by Gasteiger charge is 2.27. The van der Waals surface area contributed by atoms with Crippen LogP contribution in [0.2, 0.25) is 0 Å². The van der Waals surface area contributed by atoms with Crippen LogP contribution in [0, 0.1) is 5.92 Å². The highest BCUT2D eigenvalue weighted by molar-refractivity contribution is 9.10. The molecule has 4 heteroatoms. The maximum absolute atomic E-state index is 12.0. The van der Waals surface area contributed by atoms with Crippen molar-refractivity contribution < 1.29 is 4.79 Å². The van der Waals surface area contributed by atoms with Gasteiger partial charge in [-0.1, -0.05) is 19.1 Å². The van der Waals surface area contributed by atoms with Crippen LogP contribution in [0.1, 0.15) is 29.4 Å². The lowest BCUT2D eigenvalue weighted by Crippen LogP contribution is -2.19. The minimum absolute atomic E-state index is 0.210. The molecule has 92 valence electrons. The number of para-hydroxylation sites is 1. The molecular formula is C14H13BrN2O. The molecule has 0 saturated carbocycles. The third kappa shape index (κ3) is 1.81. The molecule has 2 aromatic rings. The predicted octanol–water partition coefficient (Wildman–Crippen LogP) is 3.40. The Balaban J connectivity index is 2.16. The second-order valence-corrected chi connectivity index (χ2v) is 5.66. The summed E-state index contributed by atoms with van der Waals surface area (Å²) >= 11 is 3.53. The van der Waals surface area contributed by atoms with Crippen molar-refractivity contribution in [3.63, 3.8) is 0 Å². The number of Topliss-reactive ketones (excluding diaryl/α,β-unsaturated/α-hetero) is 1. The van der Waals surface area contributed by atoms with Gasteiger partial charge in [-0.2, -0.15) is 5.10 Å². The van der Waals surface area contributed by atoms with E-state index in [4.69, 9.17) is 0 Å². The molecule has 0 fully saturated rings. The van der Waals surface area contributed by atoms with Gasteiger partial charge in [0, 0.05) is 10.9 Å². The second kappa shape index (κ2) is 4.35. The highest BCUT2D eigenvalue weighted by atomic mass is 79.9. The van der Waals surface area contributed by atoms with E-state index in [0.717, 1.165) is 27.8 Å². The first kappa shape index (κ1) is 11.7. The number of benzene rings is 1. The number of aromatic nitrogens is 2. The lowest BCUT2D eigenvalue weighted by molar-refractivity contribution is 0.0952. The Kier molecular flexibility index (Phi) is 2.82. The van der Waals surface area contributed by atoms with E-state index in [9.17, 15) is 4.79 Å². The molecular weight excluding hydrogens is 292 g/mol. The van der Waals surface area contributed by atoms with E-state index in [1.165, 1.54) is 0 Å². The van der Waals surface area contributed by atoms with E-state index in [2.05, 4.69) is 28.0 Å². The number of carbonyl (C=O) groups excluding carboxylic acids is 1. The van der Waals surface area contributed by atoms with E-state index in [-0.39, 0.29) is 5.78 Å². The zero-order valence-corrected chi connectivity index (χ0v) is 11.6. The molecule has 0 radical (unpaired) electrons. The number of fused-ring (bicyclic) bond motifs is 1. The molecule has 0 unspecified atom stereocenters. The Labute approximate surface area is 114 Å².